The van der Waals surface area contributed by atoms with Gasteiger partial charge in [-0.1, -0.05) is 48.0 Å². The second-order valence-electron chi connectivity index (χ2n) is 6.46. The second kappa shape index (κ2) is 7.46. The minimum absolute atomic E-state index is 0.142. The molecule has 0 bridgehead atoms. The van der Waals surface area contributed by atoms with E-state index in [1.807, 2.05) is 67.6 Å². The molecule has 0 aliphatic rings. The molecule has 4 heteroatoms. The van der Waals surface area contributed by atoms with Crippen LogP contribution in [0.4, 0.5) is 0 Å². The predicted molar refractivity (Wildman–Crippen MR) is 108 cm³/mol. The van der Waals surface area contributed by atoms with E-state index in [4.69, 9.17) is 4.74 Å². The summed E-state index contributed by atoms with van der Waals surface area (Å²) in [6.45, 7) is 2.87. The fraction of sp³-hybridized carbons (Fsp3) is 0.130. The average Bonchev–Trinajstić information content (AvgIpc) is 2.72. The first kappa shape index (κ1) is 17.0. The highest BCUT2D eigenvalue weighted by Gasteiger charge is 2.13. The van der Waals surface area contributed by atoms with Gasteiger partial charge in [0.15, 0.2) is 0 Å². The number of hydrogen-bond acceptors (Lipinski definition) is 3. The van der Waals surface area contributed by atoms with Gasteiger partial charge < -0.3 is 10.1 Å². The van der Waals surface area contributed by atoms with Gasteiger partial charge in [0.25, 0.3) is 5.91 Å². The summed E-state index contributed by atoms with van der Waals surface area (Å²) in [5, 5.41) is 6.04. The Morgan fingerprint density at radius 1 is 1.00 bits per heavy atom. The van der Waals surface area contributed by atoms with Crippen molar-refractivity contribution in [1.29, 1.82) is 0 Å². The molecule has 0 saturated carbocycles. The number of benzene rings is 3. The number of hydrogen-bond donors (Lipinski definition) is 1. The Hall–Kier alpha value is -3.40. The van der Waals surface area contributed by atoms with Crippen LogP contribution in [0.25, 0.3) is 21.7 Å². The minimum atomic E-state index is -0.142. The maximum absolute atomic E-state index is 12.8. The van der Waals surface area contributed by atoms with E-state index in [0.717, 1.165) is 21.9 Å². The third-order valence-electron chi connectivity index (χ3n) is 4.54. The van der Waals surface area contributed by atoms with E-state index in [1.165, 1.54) is 5.56 Å². The van der Waals surface area contributed by atoms with Gasteiger partial charge in [0, 0.05) is 11.6 Å². The molecule has 4 aromatic rings. The lowest BCUT2D eigenvalue weighted by molar-refractivity contribution is 0.0948. The predicted octanol–water partition coefficient (Wildman–Crippen LogP) is 4.51. The van der Waals surface area contributed by atoms with E-state index in [2.05, 4.69) is 16.4 Å². The fourth-order valence-corrected chi connectivity index (χ4v) is 3.17. The summed E-state index contributed by atoms with van der Waals surface area (Å²) in [5.41, 5.74) is 2.49. The van der Waals surface area contributed by atoms with Gasteiger partial charge in [0.2, 0.25) is 0 Å². The first-order chi connectivity index (χ1) is 13.2. The zero-order chi connectivity index (χ0) is 18.6. The topological polar surface area (TPSA) is 51.2 Å². The van der Waals surface area contributed by atoms with Crippen molar-refractivity contribution in [1.82, 2.24) is 10.3 Å². The Morgan fingerprint density at radius 3 is 2.63 bits per heavy atom. The molecule has 134 valence electrons. The third kappa shape index (κ3) is 3.60. The molecule has 4 nitrogen and oxygen atoms in total. The molecular weight excluding hydrogens is 336 g/mol. The largest absolute Gasteiger partial charge is 0.492 e. The number of nitrogens with one attached hydrogen (secondary N) is 1. The van der Waals surface area contributed by atoms with Crippen LogP contribution in [-0.4, -0.2) is 24.0 Å². The number of pyridine rings is 1. The molecule has 1 aromatic heterocycles. The van der Waals surface area contributed by atoms with Crippen molar-refractivity contribution in [2.45, 2.75) is 6.92 Å². The van der Waals surface area contributed by atoms with E-state index in [-0.39, 0.29) is 5.91 Å². The lowest BCUT2D eigenvalue weighted by Gasteiger charge is -2.11. The lowest BCUT2D eigenvalue weighted by Crippen LogP contribution is -2.28. The Labute approximate surface area is 157 Å². The molecule has 1 amide bonds. The summed E-state index contributed by atoms with van der Waals surface area (Å²) in [4.78, 5) is 17.2. The third-order valence-corrected chi connectivity index (χ3v) is 4.54. The van der Waals surface area contributed by atoms with Crippen LogP contribution in [0.2, 0.25) is 0 Å². The number of aromatic nitrogens is 1. The number of aryl methyl sites for hydroxylation is 1. The summed E-state index contributed by atoms with van der Waals surface area (Å²) in [6, 6.07) is 21.7. The molecule has 0 unspecified atom stereocenters. The average molecular weight is 356 g/mol. The van der Waals surface area contributed by atoms with E-state index in [1.54, 1.807) is 6.20 Å². The standard InChI is InChI=1S/C23H20N2O2/c1-16-8-10-18(11-9-16)27-14-13-25-23(26)21-15-17-5-2-3-6-19(17)20-7-4-12-24-22(20)21/h2-12,15H,13-14H2,1H3,(H,25,26). The van der Waals surface area contributed by atoms with Crippen molar-refractivity contribution in [3.63, 3.8) is 0 Å². The van der Waals surface area contributed by atoms with Gasteiger partial charge in [0.05, 0.1) is 17.6 Å². The first-order valence-electron chi connectivity index (χ1n) is 8.96. The Kier molecular flexibility index (Phi) is 4.71. The van der Waals surface area contributed by atoms with Crippen LogP contribution < -0.4 is 10.1 Å². The molecule has 0 fully saturated rings. The second-order valence-corrected chi connectivity index (χ2v) is 6.46. The molecule has 0 aliphatic heterocycles. The van der Waals surface area contributed by atoms with E-state index >= 15 is 0 Å². The van der Waals surface area contributed by atoms with Crippen LogP contribution in [0, 0.1) is 6.92 Å². The van der Waals surface area contributed by atoms with Crippen molar-refractivity contribution in [3.05, 3.63) is 84.1 Å². The number of carbonyl (C=O) groups is 1. The molecule has 1 heterocycles. The summed E-state index contributed by atoms with van der Waals surface area (Å²) < 4.78 is 5.67. The zero-order valence-electron chi connectivity index (χ0n) is 15.1. The molecule has 27 heavy (non-hydrogen) atoms. The highest BCUT2D eigenvalue weighted by molar-refractivity contribution is 6.15. The lowest BCUT2D eigenvalue weighted by atomic mass is 10.0. The SMILES string of the molecule is Cc1ccc(OCCNC(=O)c2cc3ccccc3c3cccnc23)cc1. The van der Waals surface area contributed by atoms with Crippen LogP contribution in [0.3, 0.4) is 0 Å². The molecule has 1 N–H and O–H groups in total. The Bertz CT molecular complexity index is 1100. The zero-order valence-corrected chi connectivity index (χ0v) is 15.1. The first-order valence-corrected chi connectivity index (χ1v) is 8.96. The van der Waals surface area contributed by atoms with Gasteiger partial charge in [-0.2, -0.15) is 0 Å². The van der Waals surface area contributed by atoms with Crippen LogP contribution in [0.5, 0.6) is 5.75 Å². The maximum atomic E-state index is 12.8. The maximum Gasteiger partial charge on any atom is 0.253 e. The van der Waals surface area contributed by atoms with Gasteiger partial charge in [-0.3, -0.25) is 9.78 Å². The van der Waals surface area contributed by atoms with Gasteiger partial charge in [-0.15, -0.1) is 0 Å². The molecular formula is C23H20N2O2. The van der Waals surface area contributed by atoms with Gasteiger partial charge in [0.1, 0.15) is 12.4 Å². The Balaban J connectivity index is 1.51. The number of amides is 1. The summed E-state index contributed by atoms with van der Waals surface area (Å²) in [7, 11) is 0. The van der Waals surface area contributed by atoms with Crippen LogP contribution in [0.1, 0.15) is 15.9 Å². The van der Waals surface area contributed by atoms with Crippen LogP contribution in [-0.2, 0) is 0 Å². The minimum Gasteiger partial charge on any atom is -0.492 e. The number of ether oxygens (including phenoxy) is 1. The molecule has 4 rings (SSSR count). The number of fused-ring (bicyclic) bond motifs is 3. The van der Waals surface area contributed by atoms with Crippen molar-refractivity contribution < 1.29 is 9.53 Å². The van der Waals surface area contributed by atoms with Crippen molar-refractivity contribution >= 4 is 27.6 Å². The monoisotopic (exact) mass is 356 g/mol. The fourth-order valence-electron chi connectivity index (χ4n) is 3.17. The number of nitrogens with zero attached hydrogens (tertiary/aromatic N) is 1. The molecule has 0 spiro atoms. The van der Waals surface area contributed by atoms with E-state index < -0.39 is 0 Å². The summed E-state index contributed by atoms with van der Waals surface area (Å²) in [6.07, 6.45) is 1.72. The van der Waals surface area contributed by atoms with E-state index in [9.17, 15) is 4.79 Å². The Morgan fingerprint density at radius 2 is 1.78 bits per heavy atom. The van der Waals surface area contributed by atoms with Gasteiger partial charge in [-0.05, 0) is 42.0 Å². The van der Waals surface area contributed by atoms with Gasteiger partial charge >= 0.3 is 0 Å². The number of carbonyl (C=O) groups excluding carboxylic acids is 1. The normalized spacial score (nSPS) is 10.9. The molecule has 0 aliphatic carbocycles. The van der Waals surface area contributed by atoms with Crippen molar-refractivity contribution in [2.24, 2.45) is 0 Å². The smallest absolute Gasteiger partial charge is 0.253 e. The molecule has 3 aromatic carbocycles. The van der Waals surface area contributed by atoms with Crippen LogP contribution >= 0.6 is 0 Å². The van der Waals surface area contributed by atoms with Crippen LogP contribution in [0.15, 0.2) is 72.9 Å². The van der Waals surface area contributed by atoms with Gasteiger partial charge in [-0.25, -0.2) is 0 Å². The molecule has 0 saturated heterocycles. The molecule has 0 atom stereocenters. The van der Waals surface area contributed by atoms with Crippen molar-refractivity contribution in [2.75, 3.05) is 13.2 Å². The van der Waals surface area contributed by atoms with E-state index in [0.29, 0.717) is 24.2 Å². The molecule has 0 radical (unpaired) electrons. The summed E-state index contributed by atoms with van der Waals surface area (Å²) in [5.74, 6) is 0.657. The number of rotatable bonds is 5. The highest BCUT2D eigenvalue weighted by atomic mass is 16.5. The highest BCUT2D eigenvalue weighted by Crippen LogP contribution is 2.27. The van der Waals surface area contributed by atoms with Crippen molar-refractivity contribution in [3.8, 4) is 5.75 Å². The summed E-state index contributed by atoms with van der Waals surface area (Å²) >= 11 is 0. The quantitative estimate of drug-likeness (QED) is 0.423.